The summed E-state index contributed by atoms with van der Waals surface area (Å²) in [6.45, 7) is 5.78. The molecule has 1 aliphatic heterocycles. The number of hydrogen-bond acceptors (Lipinski definition) is 2. The zero-order valence-electron chi connectivity index (χ0n) is 9.75. The zero-order valence-corrected chi connectivity index (χ0v) is 12.2. The molecule has 1 fully saturated rings. The van der Waals surface area contributed by atoms with Crippen molar-refractivity contribution in [1.82, 2.24) is 10.2 Å². The Bertz CT molecular complexity index is 355. The molecule has 1 aromatic rings. The van der Waals surface area contributed by atoms with Gasteiger partial charge in [0, 0.05) is 42.3 Å². The molecule has 1 N–H and O–H groups in total. The second-order valence-electron chi connectivity index (χ2n) is 4.22. The van der Waals surface area contributed by atoms with Crippen LogP contribution in [0.1, 0.15) is 12.5 Å². The van der Waals surface area contributed by atoms with Gasteiger partial charge in [-0.3, -0.25) is 4.90 Å². The average molecular weight is 324 g/mol. The molecule has 2 nitrogen and oxygen atoms in total. The summed E-state index contributed by atoms with van der Waals surface area (Å²) in [6, 6.07) is 5.60. The van der Waals surface area contributed by atoms with Gasteiger partial charge >= 0.3 is 0 Å². The van der Waals surface area contributed by atoms with Crippen LogP contribution >= 0.6 is 28.3 Å². The monoisotopic (exact) mass is 322 g/mol. The lowest BCUT2D eigenvalue weighted by Gasteiger charge is -2.34. The zero-order chi connectivity index (χ0) is 11.5. The van der Waals surface area contributed by atoms with E-state index in [0.29, 0.717) is 12.6 Å². The summed E-state index contributed by atoms with van der Waals surface area (Å²) in [7, 11) is 0. The Morgan fingerprint density at radius 3 is 2.94 bits per heavy atom. The van der Waals surface area contributed by atoms with Crippen molar-refractivity contribution in [2.75, 3.05) is 19.6 Å². The van der Waals surface area contributed by atoms with E-state index in [1.54, 1.807) is 6.07 Å². The predicted molar refractivity (Wildman–Crippen MR) is 74.1 cm³/mol. The number of nitrogens with zero attached hydrogens (tertiary/aromatic N) is 1. The van der Waals surface area contributed by atoms with E-state index in [4.69, 9.17) is 0 Å². The number of hydrogen-bond donors (Lipinski definition) is 1. The fraction of sp³-hybridized carbons (Fsp3) is 0.500. The molecule has 0 aromatic heterocycles. The van der Waals surface area contributed by atoms with Gasteiger partial charge in [0.25, 0.3) is 0 Å². The number of halogens is 3. The molecule has 0 amide bonds. The van der Waals surface area contributed by atoms with Gasteiger partial charge in [-0.25, -0.2) is 4.39 Å². The molecule has 1 aliphatic rings. The van der Waals surface area contributed by atoms with Crippen LogP contribution in [0.15, 0.2) is 22.7 Å². The lowest BCUT2D eigenvalue weighted by molar-refractivity contribution is 0.163. The Hall–Kier alpha value is -0.160. The molecule has 0 spiro atoms. The summed E-state index contributed by atoms with van der Waals surface area (Å²) in [5.41, 5.74) is 0.760. The van der Waals surface area contributed by atoms with E-state index in [1.807, 2.05) is 6.07 Å². The maximum atomic E-state index is 13.7. The van der Waals surface area contributed by atoms with Crippen LogP contribution in [0, 0.1) is 5.82 Å². The molecule has 0 radical (unpaired) electrons. The van der Waals surface area contributed by atoms with Crippen molar-refractivity contribution in [2.24, 2.45) is 0 Å². The first-order valence-electron chi connectivity index (χ1n) is 5.56. The molecule has 1 aromatic carbocycles. The second kappa shape index (κ2) is 6.69. The van der Waals surface area contributed by atoms with E-state index < -0.39 is 0 Å². The molecular weight excluding hydrogens is 307 g/mol. The standard InChI is InChI=1S/C12H16BrFN2.ClH/c1-9-7-15-5-6-16(9)8-10-11(13)3-2-4-12(10)14;/h2-4,9,15H,5-8H2,1H3;1H. The van der Waals surface area contributed by atoms with E-state index in [2.05, 4.69) is 33.1 Å². The highest BCUT2D eigenvalue weighted by Gasteiger charge is 2.20. The Kier molecular flexibility index (Phi) is 5.86. The molecule has 0 aliphatic carbocycles. The topological polar surface area (TPSA) is 15.3 Å². The molecule has 96 valence electrons. The van der Waals surface area contributed by atoms with E-state index >= 15 is 0 Å². The van der Waals surface area contributed by atoms with Crippen LogP contribution in [0.5, 0.6) is 0 Å². The fourth-order valence-corrected chi connectivity index (χ4v) is 2.47. The van der Waals surface area contributed by atoms with Crippen molar-refractivity contribution >= 4 is 28.3 Å². The Balaban J connectivity index is 0.00000144. The lowest BCUT2D eigenvalue weighted by Crippen LogP contribution is -2.49. The molecule has 1 unspecified atom stereocenters. The third-order valence-electron chi connectivity index (χ3n) is 3.06. The van der Waals surface area contributed by atoms with Gasteiger partial charge < -0.3 is 5.32 Å². The maximum absolute atomic E-state index is 13.7. The van der Waals surface area contributed by atoms with Crippen molar-refractivity contribution < 1.29 is 4.39 Å². The highest BCUT2D eigenvalue weighted by molar-refractivity contribution is 9.10. The minimum Gasteiger partial charge on any atom is -0.314 e. The van der Waals surface area contributed by atoms with E-state index in [-0.39, 0.29) is 18.2 Å². The molecule has 1 saturated heterocycles. The molecule has 17 heavy (non-hydrogen) atoms. The molecule has 5 heteroatoms. The SMILES string of the molecule is CC1CNCCN1Cc1c(F)cccc1Br.Cl. The summed E-state index contributed by atoms with van der Waals surface area (Å²) in [5, 5.41) is 3.33. The minimum atomic E-state index is -0.125. The molecule has 1 heterocycles. The van der Waals surface area contributed by atoms with Crippen LogP contribution in [-0.4, -0.2) is 30.6 Å². The largest absolute Gasteiger partial charge is 0.314 e. The summed E-state index contributed by atoms with van der Waals surface area (Å²) < 4.78 is 14.5. The van der Waals surface area contributed by atoms with Crippen LogP contribution in [-0.2, 0) is 6.54 Å². The molecule has 2 rings (SSSR count). The number of benzene rings is 1. The molecule has 0 bridgehead atoms. The summed E-state index contributed by atoms with van der Waals surface area (Å²) >= 11 is 3.41. The van der Waals surface area contributed by atoms with Crippen molar-refractivity contribution in [3.63, 3.8) is 0 Å². The highest BCUT2D eigenvalue weighted by Crippen LogP contribution is 2.22. The van der Waals surface area contributed by atoms with Crippen LogP contribution in [0.2, 0.25) is 0 Å². The lowest BCUT2D eigenvalue weighted by atomic mass is 10.1. The average Bonchev–Trinajstić information content (AvgIpc) is 2.26. The Morgan fingerprint density at radius 1 is 1.53 bits per heavy atom. The molecular formula is C12H17BrClFN2. The maximum Gasteiger partial charge on any atom is 0.128 e. The third-order valence-corrected chi connectivity index (χ3v) is 3.80. The number of nitrogens with one attached hydrogen (secondary N) is 1. The minimum absolute atomic E-state index is 0. The predicted octanol–water partition coefficient (Wildman–Crippen LogP) is 2.80. The quantitative estimate of drug-likeness (QED) is 0.900. The highest BCUT2D eigenvalue weighted by atomic mass is 79.9. The normalized spacial score (nSPS) is 21.0. The van der Waals surface area contributed by atoms with E-state index in [1.165, 1.54) is 6.07 Å². The summed E-state index contributed by atoms with van der Waals surface area (Å²) in [4.78, 5) is 2.31. The van der Waals surface area contributed by atoms with Gasteiger partial charge in [-0.1, -0.05) is 22.0 Å². The van der Waals surface area contributed by atoms with Crippen LogP contribution in [0.4, 0.5) is 4.39 Å². The van der Waals surface area contributed by atoms with Gasteiger partial charge in [0.15, 0.2) is 0 Å². The van der Waals surface area contributed by atoms with Gasteiger partial charge in [-0.05, 0) is 19.1 Å². The first-order valence-corrected chi connectivity index (χ1v) is 6.35. The van der Waals surface area contributed by atoms with Crippen molar-refractivity contribution in [2.45, 2.75) is 19.5 Å². The molecule has 0 saturated carbocycles. The fourth-order valence-electron chi connectivity index (χ4n) is 2.00. The van der Waals surface area contributed by atoms with Crippen LogP contribution < -0.4 is 5.32 Å². The van der Waals surface area contributed by atoms with Gasteiger partial charge in [-0.2, -0.15) is 0 Å². The van der Waals surface area contributed by atoms with E-state index in [0.717, 1.165) is 29.7 Å². The molecule has 1 atom stereocenters. The third kappa shape index (κ3) is 3.65. The first kappa shape index (κ1) is 14.9. The van der Waals surface area contributed by atoms with Crippen LogP contribution in [0.3, 0.4) is 0 Å². The van der Waals surface area contributed by atoms with Crippen molar-refractivity contribution in [3.05, 3.63) is 34.1 Å². The second-order valence-corrected chi connectivity index (χ2v) is 5.08. The number of rotatable bonds is 2. The Labute approximate surface area is 116 Å². The van der Waals surface area contributed by atoms with Gasteiger partial charge in [0.05, 0.1) is 0 Å². The van der Waals surface area contributed by atoms with Crippen LogP contribution in [0.25, 0.3) is 0 Å². The van der Waals surface area contributed by atoms with Crippen molar-refractivity contribution in [3.8, 4) is 0 Å². The van der Waals surface area contributed by atoms with Gasteiger partial charge in [-0.15, -0.1) is 12.4 Å². The summed E-state index contributed by atoms with van der Waals surface area (Å²) in [6.07, 6.45) is 0. The first-order chi connectivity index (χ1) is 7.68. The summed E-state index contributed by atoms with van der Waals surface area (Å²) in [5.74, 6) is -0.125. The Morgan fingerprint density at radius 2 is 2.29 bits per heavy atom. The van der Waals surface area contributed by atoms with E-state index in [9.17, 15) is 4.39 Å². The van der Waals surface area contributed by atoms with Gasteiger partial charge in [0.1, 0.15) is 5.82 Å². The smallest absolute Gasteiger partial charge is 0.128 e. The van der Waals surface area contributed by atoms with Crippen molar-refractivity contribution in [1.29, 1.82) is 0 Å². The van der Waals surface area contributed by atoms with Gasteiger partial charge in [0.2, 0.25) is 0 Å². The number of piperazine rings is 1.